The number of aromatic nitrogens is 1. The summed E-state index contributed by atoms with van der Waals surface area (Å²) in [6, 6.07) is 9.77. The molecule has 2 heterocycles. The largest absolute Gasteiger partial charge is 0.352 e. The summed E-state index contributed by atoms with van der Waals surface area (Å²) in [6.45, 7) is 4.70. The van der Waals surface area contributed by atoms with Gasteiger partial charge in [0, 0.05) is 38.5 Å². The number of hydrogen-bond acceptors (Lipinski definition) is 3. The van der Waals surface area contributed by atoms with Crippen molar-refractivity contribution in [2.45, 2.75) is 6.92 Å². The van der Waals surface area contributed by atoms with Crippen molar-refractivity contribution < 1.29 is 4.79 Å². The molecule has 0 radical (unpaired) electrons. The van der Waals surface area contributed by atoms with Crippen LogP contribution in [0.5, 0.6) is 0 Å². The summed E-state index contributed by atoms with van der Waals surface area (Å²) in [6.07, 6.45) is 5.07. The minimum atomic E-state index is 0.0235. The highest BCUT2D eigenvalue weighted by Gasteiger charge is 2.22. The van der Waals surface area contributed by atoms with E-state index >= 15 is 0 Å². The predicted octanol–water partition coefficient (Wildman–Crippen LogP) is 4.06. The van der Waals surface area contributed by atoms with Gasteiger partial charge in [0.1, 0.15) is 5.82 Å². The zero-order valence-electron chi connectivity index (χ0n) is 14.0. The van der Waals surface area contributed by atoms with Crippen LogP contribution in [0, 0.1) is 6.92 Å². The molecule has 1 aromatic heterocycles. The van der Waals surface area contributed by atoms with E-state index in [4.69, 9.17) is 23.2 Å². The Balaban J connectivity index is 1.58. The van der Waals surface area contributed by atoms with E-state index < -0.39 is 0 Å². The highest BCUT2D eigenvalue weighted by atomic mass is 35.5. The van der Waals surface area contributed by atoms with Gasteiger partial charge in [-0.25, -0.2) is 4.98 Å². The zero-order chi connectivity index (χ0) is 17.8. The number of piperazine rings is 1. The van der Waals surface area contributed by atoms with Crippen molar-refractivity contribution in [1.82, 2.24) is 9.88 Å². The molecule has 130 valence electrons. The molecule has 0 unspecified atom stereocenters. The van der Waals surface area contributed by atoms with E-state index in [9.17, 15) is 4.79 Å². The van der Waals surface area contributed by atoms with E-state index in [2.05, 4.69) is 9.88 Å². The molecule has 4 nitrogen and oxygen atoms in total. The van der Waals surface area contributed by atoms with Crippen molar-refractivity contribution in [3.8, 4) is 0 Å². The minimum Gasteiger partial charge on any atom is -0.352 e. The Labute approximate surface area is 157 Å². The van der Waals surface area contributed by atoms with E-state index in [1.54, 1.807) is 18.3 Å². The molecule has 0 aliphatic carbocycles. The highest BCUT2D eigenvalue weighted by Crippen LogP contribution is 2.26. The fourth-order valence-electron chi connectivity index (χ4n) is 2.73. The second-order valence-electron chi connectivity index (χ2n) is 6.02. The maximum Gasteiger partial charge on any atom is 0.246 e. The monoisotopic (exact) mass is 375 g/mol. The van der Waals surface area contributed by atoms with Gasteiger partial charge in [0.05, 0.1) is 10.0 Å². The molecule has 2 aromatic rings. The standard InChI is InChI=1S/C19H19Cl2N3O/c1-14-2-4-15(5-3-14)6-7-18(25)23-8-10-24(11-9-23)19-17(21)12-16(20)13-22-19/h2-7,12-13H,8-11H2,1H3/b7-6+. The van der Waals surface area contributed by atoms with E-state index in [1.165, 1.54) is 5.56 Å². The normalized spacial score (nSPS) is 15.0. The lowest BCUT2D eigenvalue weighted by Gasteiger charge is -2.35. The molecule has 1 aliphatic heterocycles. The second kappa shape index (κ2) is 7.89. The first-order valence-electron chi connectivity index (χ1n) is 8.12. The number of hydrogen-bond donors (Lipinski definition) is 0. The fourth-order valence-corrected chi connectivity index (χ4v) is 3.23. The summed E-state index contributed by atoms with van der Waals surface area (Å²) in [5.41, 5.74) is 2.23. The molecule has 1 aliphatic rings. The lowest BCUT2D eigenvalue weighted by Crippen LogP contribution is -2.48. The van der Waals surface area contributed by atoms with Crippen LogP contribution in [-0.2, 0) is 4.79 Å². The Hall–Kier alpha value is -2.04. The Morgan fingerprint density at radius 2 is 1.80 bits per heavy atom. The van der Waals surface area contributed by atoms with Crippen LogP contribution >= 0.6 is 23.2 Å². The van der Waals surface area contributed by atoms with Crippen LogP contribution in [0.4, 0.5) is 5.82 Å². The zero-order valence-corrected chi connectivity index (χ0v) is 15.5. The van der Waals surface area contributed by atoms with Gasteiger partial charge >= 0.3 is 0 Å². The maximum atomic E-state index is 12.4. The quantitative estimate of drug-likeness (QED) is 0.758. The van der Waals surface area contributed by atoms with Crippen molar-refractivity contribution in [1.29, 1.82) is 0 Å². The van der Waals surface area contributed by atoms with Crippen LogP contribution in [0.1, 0.15) is 11.1 Å². The molecular formula is C19H19Cl2N3O. The van der Waals surface area contributed by atoms with Gasteiger partial charge in [-0.05, 0) is 24.6 Å². The molecular weight excluding hydrogens is 357 g/mol. The summed E-state index contributed by atoms with van der Waals surface area (Å²) in [5.74, 6) is 0.740. The van der Waals surface area contributed by atoms with Gasteiger partial charge < -0.3 is 9.80 Å². The number of pyridine rings is 1. The molecule has 0 N–H and O–H groups in total. The SMILES string of the molecule is Cc1ccc(/C=C/C(=O)N2CCN(c3ncc(Cl)cc3Cl)CC2)cc1. The van der Waals surface area contributed by atoms with Crippen molar-refractivity contribution >= 4 is 41.0 Å². The Morgan fingerprint density at radius 1 is 1.12 bits per heavy atom. The highest BCUT2D eigenvalue weighted by molar-refractivity contribution is 6.36. The number of nitrogens with zero attached hydrogens (tertiary/aromatic N) is 3. The number of benzene rings is 1. The first-order valence-corrected chi connectivity index (χ1v) is 8.88. The first kappa shape index (κ1) is 17.8. The average Bonchev–Trinajstić information content (AvgIpc) is 2.61. The molecule has 6 heteroatoms. The van der Waals surface area contributed by atoms with Gasteiger partial charge in [-0.2, -0.15) is 0 Å². The molecule has 25 heavy (non-hydrogen) atoms. The second-order valence-corrected chi connectivity index (χ2v) is 6.86. The van der Waals surface area contributed by atoms with Crippen LogP contribution in [0.3, 0.4) is 0 Å². The predicted molar refractivity (Wildman–Crippen MR) is 103 cm³/mol. The lowest BCUT2D eigenvalue weighted by atomic mass is 10.1. The van der Waals surface area contributed by atoms with E-state index in [0.717, 1.165) is 5.56 Å². The molecule has 0 saturated carbocycles. The van der Waals surface area contributed by atoms with Crippen LogP contribution in [-0.4, -0.2) is 42.0 Å². The van der Waals surface area contributed by atoms with E-state index in [-0.39, 0.29) is 5.91 Å². The van der Waals surface area contributed by atoms with E-state index in [0.29, 0.717) is 42.0 Å². The molecule has 0 atom stereocenters. The number of rotatable bonds is 3. The van der Waals surface area contributed by atoms with Crippen molar-refractivity contribution in [3.05, 3.63) is 63.8 Å². The first-order chi connectivity index (χ1) is 12.0. The maximum absolute atomic E-state index is 12.4. The summed E-state index contributed by atoms with van der Waals surface area (Å²) in [5, 5.41) is 1.05. The van der Waals surface area contributed by atoms with E-state index in [1.807, 2.05) is 42.2 Å². The van der Waals surface area contributed by atoms with Crippen molar-refractivity contribution in [3.63, 3.8) is 0 Å². The van der Waals surface area contributed by atoms with Crippen molar-refractivity contribution in [2.75, 3.05) is 31.1 Å². The third-order valence-corrected chi connectivity index (χ3v) is 4.66. The number of halogens is 2. The number of anilines is 1. The topological polar surface area (TPSA) is 36.4 Å². The molecule has 1 fully saturated rings. The van der Waals surface area contributed by atoms with Crippen molar-refractivity contribution in [2.24, 2.45) is 0 Å². The molecule has 0 bridgehead atoms. The molecule has 1 amide bonds. The number of carbonyl (C=O) groups is 1. The van der Waals surface area contributed by atoms with Gasteiger partial charge in [-0.15, -0.1) is 0 Å². The third kappa shape index (κ3) is 4.53. The molecule has 1 aromatic carbocycles. The Kier molecular flexibility index (Phi) is 5.61. The van der Waals surface area contributed by atoms with Crippen LogP contribution in [0.25, 0.3) is 6.08 Å². The van der Waals surface area contributed by atoms with Crippen LogP contribution in [0.15, 0.2) is 42.6 Å². The number of amides is 1. The Morgan fingerprint density at radius 3 is 2.44 bits per heavy atom. The summed E-state index contributed by atoms with van der Waals surface area (Å²) in [4.78, 5) is 20.6. The van der Waals surface area contributed by atoms with Gasteiger partial charge in [0.25, 0.3) is 0 Å². The summed E-state index contributed by atoms with van der Waals surface area (Å²) < 4.78 is 0. The van der Waals surface area contributed by atoms with Gasteiger partial charge in [0.2, 0.25) is 5.91 Å². The smallest absolute Gasteiger partial charge is 0.246 e. The van der Waals surface area contributed by atoms with Gasteiger partial charge in [0.15, 0.2) is 0 Å². The third-order valence-electron chi connectivity index (χ3n) is 4.17. The molecule has 1 saturated heterocycles. The summed E-state index contributed by atoms with van der Waals surface area (Å²) >= 11 is 12.1. The number of carbonyl (C=O) groups excluding carboxylic acids is 1. The molecule has 0 spiro atoms. The fraction of sp³-hybridized carbons (Fsp3) is 0.263. The Bertz CT molecular complexity index is 782. The van der Waals surface area contributed by atoms with Crippen LogP contribution < -0.4 is 4.90 Å². The summed E-state index contributed by atoms with van der Waals surface area (Å²) in [7, 11) is 0. The average molecular weight is 376 g/mol. The van der Waals surface area contributed by atoms with Gasteiger partial charge in [-0.1, -0.05) is 53.0 Å². The van der Waals surface area contributed by atoms with Gasteiger partial charge in [-0.3, -0.25) is 4.79 Å². The lowest BCUT2D eigenvalue weighted by molar-refractivity contribution is -0.126. The minimum absolute atomic E-state index is 0.0235. The van der Waals surface area contributed by atoms with Crippen LogP contribution in [0.2, 0.25) is 10.0 Å². The molecule has 3 rings (SSSR count). The number of aryl methyl sites for hydroxylation is 1.